The zero-order chi connectivity index (χ0) is 24.0. The van der Waals surface area contributed by atoms with Crippen LogP contribution in [0.4, 0.5) is 11.4 Å². The Kier molecular flexibility index (Phi) is 8.05. The maximum absolute atomic E-state index is 13.1. The third-order valence-electron chi connectivity index (χ3n) is 4.82. The van der Waals surface area contributed by atoms with Crippen molar-refractivity contribution in [3.8, 4) is 5.75 Å². The molecule has 8 heteroatoms. The number of nitrogens with one attached hydrogen (secondary N) is 2. The number of hydrogen-bond acceptors (Lipinski definition) is 5. The first kappa shape index (κ1) is 24.7. The number of carbonyl (C=O) groups is 1. The van der Waals surface area contributed by atoms with E-state index in [4.69, 9.17) is 4.74 Å². The number of thioether (sulfide) groups is 1. The molecule has 0 saturated carbocycles. The summed E-state index contributed by atoms with van der Waals surface area (Å²) < 4.78 is 34.2. The van der Waals surface area contributed by atoms with E-state index in [1.807, 2.05) is 39.0 Å². The molecule has 0 bridgehead atoms. The Morgan fingerprint density at radius 3 is 2.30 bits per heavy atom. The van der Waals surface area contributed by atoms with Crippen LogP contribution in [0.5, 0.6) is 5.75 Å². The van der Waals surface area contributed by atoms with E-state index >= 15 is 0 Å². The van der Waals surface area contributed by atoms with E-state index in [1.165, 1.54) is 11.8 Å². The summed E-state index contributed by atoms with van der Waals surface area (Å²) in [5, 5.41) is 2.76. The largest absolute Gasteiger partial charge is 0.494 e. The van der Waals surface area contributed by atoms with Crippen LogP contribution in [0.15, 0.2) is 70.5 Å². The van der Waals surface area contributed by atoms with Gasteiger partial charge in [-0.05, 0) is 81.3 Å². The number of aryl methyl sites for hydroxylation is 3. The van der Waals surface area contributed by atoms with Crippen molar-refractivity contribution in [3.63, 3.8) is 0 Å². The third-order valence-corrected chi connectivity index (χ3v) is 7.40. The summed E-state index contributed by atoms with van der Waals surface area (Å²) in [6.45, 7) is 8.21. The minimum Gasteiger partial charge on any atom is -0.494 e. The second kappa shape index (κ2) is 10.8. The molecule has 0 atom stereocenters. The zero-order valence-electron chi connectivity index (χ0n) is 19.1. The summed E-state index contributed by atoms with van der Waals surface area (Å²) in [5.74, 6) is 0.553. The highest BCUT2D eigenvalue weighted by atomic mass is 32.2. The Morgan fingerprint density at radius 2 is 1.61 bits per heavy atom. The maximum atomic E-state index is 13.1. The molecule has 0 unspecified atom stereocenters. The van der Waals surface area contributed by atoms with E-state index in [0.717, 1.165) is 21.6 Å². The van der Waals surface area contributed by atoms with Crippen LogP contribution in [0.2, 0.25) is 0 Å². The van der Waals surface area contributed by atoms with E-state index < -0.39 is 10.0 Å². The Labute approximate surface area is 199 Å². The molecule has 0 fully saturated rings. The predicted octanol–water partition coefficient (Wildman–Crippen LogP) is 5.54. The molecule has 0 heterocycles. The minimum absolute atomic E-state index is 0.0153. The topological polar surface area (TPSA) is 84.5 Å². The van der Waals surface area contributed by atoms with Gasteiger partial charge in [0.2, 0.25) is 5.91 Å². The van der Waals surface area contributed by atoms with E-state index in [-0.39, 0.29) is 22.2 Å². The molecule has 174 valence electrons. The molecule has 0 radical (unpaired) electrons. The fraction of sp³-hybridized carbons (Fsp3) is 0.240. The first-order valence-corrected chi connectivity index (χ1v) is 13.0. The van der Waals surface area contributed by atoms with Gasteiger partial charge in [0.05, 0.1) is 18.0 Å². The van der Waals surface area contributed by atoms with E-state index in [0.29, 0.717) is 18.0 Å². The van der Waals surface area contributed by atoms with Gasteiger partial charge in [-0.25, -0.2) is 8.42 Å². The van der Waals surface area contributed by atoms with Gasteiger partial charge in [-0.3, -0.25) is 9.52 Å². The molecule has 3 aromatic carbocycles. The van der Waals surface area contributed by atoms with E-state index in [2.05, 4.69) is 10.0 Å². The summed E-state index contributed by atoms with van der Waals surface area (Å²) in [7, 11) is -3.93. The molecule has 0 spiro atoms. The van der Waals surface area contributed by atoms with Gasteiger partial charge in [0.1, 0.15) is 10.6 Å². The lowest BCUT2D eigenvalue weighted by Crippen LogP contribution is -2.19. The maximum Gasteiger partial charge on any atom is 0.263 e. The quantitative estimate of drug-likeness (QED) is 0.390. The molecule has 0 aliphatic heterocycles. The van der Waals surface area contributed by atoms with Gasteiger partial charge < -0.3 is 10.1 Å². The molecule has 33 heavy (non-hydrogen) atoms. The summed E-state index contributed by atoms with van der Waals surface area (Å²) in [4.78, 5) is 13.7. The molecule has 0 saturated heterocycles. The van der Waals surface area contributed by atoms with Crippen LogP contribution in [-0.2, 0) is 14.8 Å². The van der Waals surface area contributed by atoms with Crippen molar-refractivity contribution < 1.29 is 17.9 Å². The SMILES string of the molecule is CCOc1ccc(NS(=O)(=O)c2cc(C)ccc2NC(=O)CSc2cc(C)ccc2C)cc1. The monoisotopic (exact) mass is 484 g/mol. The predicted molar refractivity (Wildman–Crippen MR) is 135 cm³/mol. The molecule has 2 N–H and O–H groups in total. The van der Waals surface area contributed by atoms with E-state index in [9.17, 15) is 13.2 Å². The number of rotatable bonds is 9. The van der Waals surface area contributed by atoms with Gasteiger partial charge >= 0.3 is 0 Å². The number of ether oxygens (including phenoxy) is 1. The molecule has 0 aliphatic rings. The molecule has 1 amide bonds. The second-order valence-corrected chi connectivity index (χ2v) is 10.3. The molecule has 0 aliphatic carbocycles. The number of amides is 1. The third kappa shape index (κ3) is 6.76. The van der Waals surface area contributed by atoms with Crippen molar-refractivity contribution in [3.05, 3.63) is 77.4 Å². The Morgan fingerprint density at radius 1 is 0.939 bits per heavy atom. The highest BCUT2D eigenvalue weighted by Crippen LogP contribution is 2.28. The van der Waals surface area contributed by atoms with Crippen molar-refractivity contribution in [2.45, 2.75) is 37.5 Å². The number of hydrogen-bond donors (Lipinski definition) is 2. The molecule has 6 nitrogen and oxygen atoms in total. The Hall–Kier alpha value is -2.97. The summed E-state index contributed by atoms with van der Waals surface area (Å²) >= 11 is 1.42. The molecular formula is C25H28N2O4S2. The zero-order valence-corrected chi connectivity index (χ0v) is 20.8. The van der Waals surface area contributed by atoms with Crippen molar-refractivity contribution >= 4 is 39.1 Å². The van der Waals surface area contributed by atoms with Crippen LogP contribution in [0.1, 0.15) is 23.6 Å². The number of benzene rings is 3. The van der Waals surface area contributed by atoms with Gasteiger partial charge in [0.15, 0.2) is 0 Å². The lowest BCUT2D eigenvalue weighted by Gasteiger charge is -2.15. The van der Waals surface area contributed by atoms with Crippen LogP contribution in [0.3, 0.4) is 0 Å². The average molecular weight is 485 g/mol. The van der Waals surface area contributed by atoms with Gasteiger partial charge in [0.25, 0.3) is 10.0 Å². The number of carbonyl (C=O) groups excluding carboxylic acids is 1. The molecule has 0 aromatic heterocycles. The first-order chi connectivity index (χ1) is 15.7. The van der Waals surface area contributed by atoms with Crippen molar-refractivity contribution in [1.29, 1.82) is 0 Å². The van der Waals surface area contributed by atoms with Gasteiger partial charge in [-0.15, -0.1) is 11.8 Å². The van der Waals surface area contributed by atoms with Gasteiger partial charge in [-0.2, -0.15) is 0 Å². The highest BCUT2D eigenvalue weighted by molar-refractivity contribution is 8.00. The van der Waals surface area contributed by atoms with Crippen LogP contribution < -0.4 is 14.8 Å². The summed E-state index contributed by atoms with van der Waals surface area (Å²) in [6, 6.07) is 17.7. The Bertz CT molecular complexity index is 1240. The number of sulfonamides is 1. The van der Waals surface area contributed by atoms with Crippen molar-refractivity contribution in [1.82, 2.24) is 0 Å². The fourth-order valence-electron chi connectivity index (χ4n) is 3.14. The van der Waals surface area contributed by atoms with Crippen LogP contribution >= 0.6 is 11.8 Å². The lowest BCUT2D eigenvalue weighted by atomic mass is 10.2. The molecular weight excluding hydrogens is 456 g/mol. The fourth-order valence-corrected chi connectivity index (χ4v) is 5.37. The lowest BCUT2D eigenvalue weighted by molar-refractivity contribution is -0.113. The average Bonchev–Trinajstić information content (AvgIpc) is 2.77. The van der Waals surface area contributed by atoms with Gasteiger partial charge in [0, 0.05) is 10.6 Å². The van der Waals surface area contributed by atoms with Crippen LogP contribution in [0, 0.1) is 20.8 Å². The second-order valence-electron chi connectivity index (χ2n) is 7.67. The smallest absolute Gasteiger partial charge is 0.263 e. The normalized spacial score (nSPS) is 11.2. The van der Waals surface area contributed by atoms with E-state index in [1.54, 1.807) is 49.4 Å². The summed E-state index contributed by atoms with van der Waals surface area (Å²) in [5.41, 5.74) is 3.63. The molecule has 3 rings (SSSR count). The van der Waals surface area contributed by atoms with Crippen molar-refractivity contribution in [2.75, 3.05) is 22.4 Å². The minimum atomic E-state index is -3.93. The van der Waals surface area contributed by atoms with Gasteiger partial charge in [-0.1, -0.05) is 23.8 Å². The standard InChI is InChI=1S/C25H28N2O4S2/c1-5-31-21-11-9-20(10-12-21)27-33(29,30)24-15-18(3)7-13-22(24)26-25(28)16-32-23-14-17(2)6-8-19(23)4/h6-15,27H,5,16H2,1-4H3,(H,26,28). The van der Waals surface area contributed by atoms with Crippen LogP contribution in [-0.4, -0.2) is 26.7 Å². The van der Waals surface area contributed by atoms with Crippen molar-refractivity contribution in [2.24, 2.45) is 0 Å². The molecule has 3 aromatic rings. The summed E-state index contributed by atoms with van der Waals surface area (Å²) in [6.07, 6.45) is 0. The first-order valence-electron chi connectivity index (χ1n) is 10.5. The highest BCUT2D eigenvalue weighted by Gasteiger charge is 2.21. The van der Waals surface area contributed by atoms with Crippen LogP contribution in [0.25, 0.3) is 0 Å². The number of anilines is 2. The Balaban J connectivity index is 1.76.